The minimum atomic E-state index is -0.863. The predicted molar refractivity (Wildman–Crippen MR) is 136 cm³/mol. The van der Waals surface area contributed by atoms with Crippen LogP contribution in [0.1, 0.15) is 56.8 Å². The molecule has 0 unspecified atom stereocenters. The number of amides is 2. The van der Waals surface area contributed by atoms with E-state index in [9.17, 15) is 14.7 Å². The molecule has 0 spiro atoms. The van der Waals surface area contributed by atoms with Crippen LogP contribution in [0, 0.1) is 0 Å². The molecule has 1 aliphatic heterocycles. The van der Waals surface area contributed by atoms with Gasteiger partial charge in [0.05, 0.1) is 23.2 Å². The van der Waals surface area contributed by atoms with Crippen LogP contribution in [0.3, 0.4) is 0 Å². The van der Waals surface area contributed by atoms with Gasteiger partial charge in [0.25, 0.3) is 5.91 Å². The summed E-state index contributed by atoms with van der Waals surface area (Å²) in [6.07, 6.45) is 2.87. The number of carbonyl (C=O) groups excluding carboxylic acids is 1. The monoisotopic (exact) mass is 478 g/mol. The van der Waals surface area contributed by atoms with Crippen molar-refractivity contribution in [2.24, 2.45) is 0 Å². The summed E-state index contributed by atoms with van der Waals surface area (Å²) >= 11 is 0. The number of nitrogens with one attached hydrogen (secondary N) is 1. The lowest BCUT2D eigenvalue weighted by Gasteiger charge is -2.33. The van der Waals surface area contributed by atoms with Gasteiger partial charge in [-0.25, -0.2) is 9.78 Å². The summed E-state index contributed by atoms with van der Waals surface area (Å²) in [6, 6.07) is 13.6. The van der Waals surface area contributed by atoms with E-state index in [1.54, 1.807) is 0 Å². The zero-order chi connectivity index (χ0) is 25.0. The first-order valence-corrected chi connectivity index (χ1v) is 12.3. The summed E-state index contributed by atoms with van der Waals surface area (Å²) in [6.45, 7) is 8.17. The van der Waals surface area contributed by atoms with Crippen LogP contribution in [-0.2, 0) is 6.54 Å². The molecule has 35 heavy (non-hydrogen) atoms. The highest BCUT2D eigenvalue weighted by Gasteiger charge is 2.25. The van der Waals surface area contributed by atoms with Gasteiger partial charge >= 0.3 is 6.09 Å². The third-order valence-corrected chi connectivity index (χ3v) is 6.33. The molecule has 0 aliphatic carbocycles. The highest BCUT2D eigenvalue weighted by molar-refractivity contribution is 6.06. The molecule has 186 valence electrons. The summed E-state index contributed by atoms with van der Waals surface area (Å²) in [7, 11) is 0. The Hall–Kier alpha value is -3.55. The van der Waals surface area contributed by atoms with E-state index in [1.807, 2.05) is 63.2 Å². The molecule has 1 aromatic heterocycles. The third kappa shape index (κ3) is 5.58. The van der Waals surface area contributed by atoms with Crippen molar-refractivity contribution >= 4 is 23.0 Å². The highest BCUT2D eigenvalue weighted by Crippen LogP contribution is 2.29. The summed E-state index contributed by atoms with van der Waals surface area (Å²) in [5, 5.41) is 12.3. The molecule has 0 fully saturated rings. The van der Waals surface area contributed by atoms with E-state index in [-0.39, 0.29) is 11.4 Å². The molecule has 3 aromatic rings. The fourth-order valence-electron chi connectivity index (χ4n) is 4.52. The second-order valence-corrected chi connectivity index (χ2v) is 9.91. The number of hydrogen-bond donors (Lipinski definition) is 2. The quantitative estimate of drug-likeness (QED) is 0.414. The number of rotatable bonds is 9. The summed E-state index contributed by atoms with van der Waals surface area (Å²) in [5.74, 6) is 1.60. The van der Waals surface area contributed by atoms with Gasteiger partial charge in [-0.3, -0.25) is 4.79 Å². The minimum Gasteiger partial charge on any atom is -0.494 e. The second kappa shape index (κ2) is 10.4. The maximum Gasteiger partial charge on any atom is 0.407 e. The molecule has 2 N–H and O–H groups in total. The lowest BCUT2D eigenvalue weighted by Crippen LogP contribution is -2.45. The molecule has 2 amide bonds. The Morgan fingerprint density at radius 1 is 1.11 bits per heavy atom. The van der Waals surface area contributed by atoms with E-state index in [0.717, 1.165) is 53.9 Å². The lowest BCUT2D eigenvalue weighted by atomic mass is 10.1. The number of para-hydroxylation sites is 1. The Bertz CT molecular complexity index is 1190. The summed E-state index contributed by atoms with van der Waals surface area (Å²) < 4.78 is 8.03. The van der Waals surface area contributed by atoms with Crippen LogP contribution in [0.4, 0.5) is 4.79 Å². The topological polar surface area (TPSA) is 96.7 Å². The smallest absolute Gasteiger partial charge is 0.407 e. The van der Waals surface area contributed by atoms with Gasteiger partial charge in [-0.15, -0.1) is 0 Å². The van der Waals surface area contributed by atoms with Gasteiger partial charge in [-0.1, -0.05) is 18.9 Å². The predicted octanol–water partition coefficient (Wildman–Crippen LogP) is 5.16. The van der Waals surface area contributed by atoms with Gasteiger partial charge in [-0.05, 0) is 70.0 Å². The van der Waals surface area contributed by atoms with Crippen LogP contribution >= 0.6 is 0 Å². The molecule has 4 rings (SSSR count). The van der Waals surface area contributed by atoms with Crippen LogP contribution in [0.15, 0.2) is 42.5 Å². The highest BCUT2D eigenvalue weighted by atomic mass is 16.5. The Morgan fingerprint density at radius 2 is 1.86 bits per heavy atom. The number of benzene rings is 2. The van der Waals surface area contributed by atoms with Crippen LogP contribution in [0.2, 0.25) is 0 Å². The number of carbonyl (C=O) groups is 2. The van der Waals surface area contributed by atoms with Crippen molar-refractivity contribution in [3.8, 4) is 17.1 Å². The molecule has 2 aromatic carbocycles. The van der Waals surface area contributed by atoms with Crippen molar-refractivity contribution < 1.29 is 19.4 Å². The number of ether oxygens (including phenoxy) is 1. The number of hydrogen-bond acceptors (Lipinski definition) is 4. The Morgan fingerprint density at radius 3 is 2.57 bits per heavy atom. The van der Waals surface area contributed by atoms with Crippen LogP contribution in [-0.4, -0.2) is 56.8 Å². The van der Waals surface area contributed by atoms with Crippen molar-refractivity contribution in [2.45, 2.75) is 58.5 Å². The van der Waals surface area contributed by atoms with Gasteiger partial charge in [-0.2, -0.15) is 0 Å². The number of carboxylic acid groups (broad SMARTS) is 1. The number of unbranched alkanes of at least 4 members (excludes halogenated alkanes) is 3. The van der Waals surface area contributed by atoms with E-state index >= 15 is 0 Å². The average Bonchev–Trinajstić information content (AvgIpc) is 3.09. The molecule has 2 heterocycles. The molecule has 8 heteroatoms. The summed E-state index contributed by atoms with van der Waals surface area (Å²) in [5.41, 5.74) is 2.97. The number of aromatic nitrogens is 2. The first kappa shape index (κ1) is 24.6. The van der Waals surface area contributed by atoms with Crippen molar-refractivity contribution in [3.05, 3.63) is 48.0 Å². The van der Waals surface area contributed by atoms with Crippen molar-refractivity contribution in [1.29, 1.82) is 0 Å². The first-order chi connectivity index (χ1) is 16.8. The van der Waals surface area contributed by atoms with E-state index in [2.05, 4.69) is 9.88 Å². The van der Waals surface area contributed by atoms with Crippen LogP contribution in [0.25, 0.3) is 22.4 Å². The molecule has 0 radical (unpaired) electrons. The van der Waals surface area contributed by atoms with Crippen molar-refractivity contribution in [3.63, 3.8) is 0 Å². The molecule has 0 bridgehead atoms. The van der Waals surface area contributed by atoms with Gasteiger partial charge in [0.1, 0.15) is 11.6 Å². The normalized spacial score (nSPS) is 13.4. The number of nitrogens with zero attached hydrogens (tertiary/aromatic N) is 3. The molecule has 0 saturated heterocycles. The SMILES string of the molecule is CC(C)(C)N(CCCCCCOc1ccc(-c2nc3cccc4c3n2CCNC4=O)cc1)C(=O)O. The molecule has 8 nitrogen and oxygen atoms in total. The second-order valence-electron chi connectivity index (χ2n) is 9.91. The van der Waals surface area contributed by atoms with Gasteiger partial charge in [0, 0.05) is 30.7 Å². The van der Waals surface area contributed by atoms with E-state index in [1.165, 1.54) is 4.90 Å². The Labute approximate surface area is 205 Å². The van der Waals surface area contributed by atoms with E-state index < -0.39 is 6.09 Å². The molecule has 0 saturated carbocycles. The minimum absolute atomic E-state index is 0.0574. The largest absolute Gasteiger partial charge is 0.494 e. The maximum atomic E-state index is 12.4. The molecular formula is C27H34N4O4. The van der Waals surface area contributed by atoms with Gasteiger partial charge in [0.15, 0.2) is 0 Å². The van der Waals surface area contributed by atoms with Crippen LogP contribution < -0.4 is 10.1 Å². The maximum absolute atomic E-state index is 12.4. The van der Waals surface area contributed by atoms with Gasteiger partial charge in [0.2, 0.25) is 0 Å². The zero-order valence-corrected chi connectivity index (χ0v) is 20.7. The van der Waals surface area contributed by atoms with Crippen LogP contribution in [0.5, 0.6) is 5.75 Å². The molecular weight excluding hydrogens is 444 g/mol. The Balaban J connectivity index is 1.29. The fraction of sp³-hybridized carbons (Fsp3) is 0.444. The number of imidazole rings is 1. The van der Waals surface area contributed by atoms with Crippen molar-refractivity contribution in [1.82, 2.24) is 19.8 Å². The standard InChI is InChI=1S/C27H34N4O4/c1-27(2,3)31(26(33)34)16-6-4-5-7-18-35-20-13-11-19(12-14-20)24-29-22-10-8-9-21-23(22)30(24)17-15-28-25(21)32/h8-14H,4-7,15-18H2,1-3H3,(H,28,32)(H,33,34). The summed E-state index contributed by atoms with van der Waals surface area (Å²) in [4.78, 5) is 30.1. The van der Waals surface area contributed by atoms with E-state index in [4.69, 9.17) is 9.72 Å². The van der Waals surface area contributed by atoms with Gasteiger partial charge < -0.3 is 24.6 Å². The first-order valence-electron chi connectivity index (χ1n) is 12.3. The fourth-order valence-corrected chi connectivity index (χ4v) is 4.52. The lowest BCUT2D eigenvalue weighted by molar-refractivity contribution is 0.0954. The molecule has 1 aliphatic rings. The zero-order valence-electron chi connectivity index (χ0n) is 20.7. The van der Waals surface area contributed by atoms with E-state index in [0.29, 0.717) is 31.8 Å². The van der Waals surface area contributed by atoms with Crippen molar-refractivity contribution in [2.75, 3.05) is 19.7 Å². The average molecular weight is 479 g/mol. The molecule has 0 atom stereocenters. The Kier molecular flexibility index (Phi) is 7.28. The third-order valence-electron chi connectivity index (χ3n) is 6.33.